The fourth-order valence-electron chi connectivity index (χ4n) is 0. The second-order valence-electron chi connectivity index (χ2n) is 0.316. The summed E-state index contributed by atoms with van der Waals surface area (Å²) in [7, 11) is 0. The molecule has 3 radical (unpaired) electrons. The summed E-state index contributed by atoms with van der Waals surface area (Å²) in [4.78, 5) is 0. The van der Waals surface area contributed by atoms with E-state index in [2.05, 4.69) is 0 Å². The molecule has 0 saturated heterocycles. The first-order valence-corrected chi connectivity index (χ1v) is 1.02. The zero-order valence-electron chi connectivity index (χ0n) is 3.44. The van der Waals surface area contributed by atoms with Crippen molar-refractivity contribution < 1.29 is 5.11 Å². The van der Waals surface area contributed by atoms with E-state index in [1.54, 1.807) is 6.92 Å². The van der Waals surface area contributed by atoms with Gasteiger partial charge in [-0.25, -0.2) is 0 Å². The van der Waals surface area contributed by atoms with Gasteiger partial charge in [0.1, 0.15) is 0 Å². The van der Waals surface area contributed by atoms with Crippen LogP contribution in [0.4, 0.5) is 0 Å². The van der Waals surface area contributed by atoms with E-state index in [4.69, 9.17) is 5.11 Å². The molecule has 0 unspecified atom stereocenters. The molecule has 0 saturated carbocycles. The molecule has 3 heteroatoms. The Hall–Kier alpha value is -0.0151. The van der Waals surface area contributed by atoms with Gasteiger partial charge in [0, 0.05) is 15.0 Å². The number of rotatable bonds is 0. The van der Waals surface area contributed by atoms with E-state index in [1.807, 2.05) is 0 Å². The van der Waals surface area contributed by atoms with Crippen LogP contribution in [-0.2, 0) is 0 Å². The van der Waals surface area contributed by atoms with Crippen LogP contribution >= 0.6 is 0 Å². The highest BCUT2D eigenvalue weighted by molar-refractivity contribution is 5.75. The van der Waals surface area contributed by atoms with Gasteiger partial charge in [-0.3, -0.25) is 0 Å². The Morgan fingerprint density at radius 3 is 1.60 bits per heavy atom. The first-order chi connectivity index (χ1) is 1.41. The average Bonchev–Trinajstić information content (AvgIpc) is 0.918. The lowest BCUT2D eigenvalue weighted by atomic mass is 10.8. The number of hydrogen-bond donors (Lipinski definition) is 2. The summed E-state index contributed by atoms with van der Waals surface area (Å²) in [5.41, 5.74) is 0. The number of hydrogen-bond acceptors (Lipinski definition) is 2. The molecule has 0 bridgehead atoms. The first kappa shape index (κ1) is 20.1. The van der Waals surface area contributed by atoms with Gasteiger partial charge >= 0.3 is 0 Å². The zero-order valence-corrected chi connectivity index (χ0v) is 3.44. The molecule has 0 aromatic heterocycles. The fraction of sp³-hybridized carbons (Fsp3) is 1.00. The molecule has 0 atom stereocenters. The van der Waals surface area contributed by atoms with Crippen molar-refractivity contribution in [2.75, 3.05) is 6.61 Å². The van der Waals surface area contributed by atoms with E-state index in [0.29, 0.717) is 0 Å². The number of aliphatic hydroxyl groups excluding tert-OH is 1. The molecule has 0 amide bonds. The summed E-state index contributed by atoms with van der Waals surface area (Å²) in [6, 6.07) is 0. The van der Waals surface area contributed by atoms with Crippen molar-refractivity contribution in [1.82, 2.24) is 6.15 Å². The normalized spacial score (nSPS) is 3.60. The molecule has 2 nitrogen and oxygen atoms in total. The molecule has 31 valence electrons. The molecular weight excluding hydrogens is 64.8 g/mol. The van der Waals surface area contributed by atoms with E-state index >= 15 is 0 Å². The largest absolute Gasteiger partial charge is 0.397 e. The predicted octanol–water partition coefficient (Wildman–Crippen LogP) is -0.220. The fourth-order valence-corrected chi connectivity index (χ4v) is 0. The maximum absolute atomic E-state index is 7.57. The molecular formula is C2H9BNO. The smallest absolute Gasteiger partial charge is 0.0402 e. The van der Waals surface area contributed by atoms with Gasteiger partial charge in [0.15, 0.2) is 0 Å². The van der Waals surface area contributed by atoms with Crippen LogP contribution in [0.15, 0.2) is 0 Å². The van der Waals surface area contributed by atoms with Crippen molar-refractivity contribution in [1.29, 1.82) is 0 Å². The van der Waals surface area contributed by atoms with Crippen LogP contribution in [0.1, 0.15) is 6.92 Å². The molecule has 0 aliphatic carbocycles. The van der Waals surface area contributed by atoms with Crippen molar-refractivity contribution in [2.45, 2.75) is 6.92 Å². The average molecular weight is 73.9 g/mol. The first-order valence-electron chi connectivity index (χ1n) is 1.02. The van der Waals surface area contributed by atoms with Gasteiger partial charge in [-0.05, 0) is 6.92 Å². The molecule has 0 aliphatic heterocycles. The Balaban J connectivity index is -0.0000000200. The minimum atomic E-state index is 0. The molecule has 0 aliphatic rings. The summed E-state index contributed by atoms with van der Waals surface area (Å²) < 4.78 is 0. The maximum atomic E-state index is 7.57. The molecule has 4 N–H and O–H groups in total. The van der Waals surface area contributed by atoms with Gasteiger partial charge < -0.3 is 11.3 Å². The summed E-state index contributed by atoms with van der Waals surface area (Å²) in [5, 5.41) is 7.57. The Morgan fingerprint density at radius 2 is 1.60 bits per heavy atom. The van der Waals surface area contributed by atoms with Gasteiger partial charge in [0.05, 0.1) is 0 Å². The van der Waals surface area contributed by atoms with Crippen LogP contribution in [-0.4, -0.2) is 20.1 Å². The van der Waals surface area contributed by atoms with Gasteiger partial charge in [-0.1, -0.05) is 0 Å². The second kappa shape index (κ2) is 36.6. The van der Waals surface area contributed by atoms with Crippen molar-refractivity contribution in [3.8, 4) is 0 Å². The third kappa shape index (κ3) is 69200. The van der Waals surface area contributed by atoms with Crippen LogP contribution in [0.3, 0.4) is 0 Å². The summed E-state index contributed by atoms with van der Waals surface area (Å²) in [6.45, 7) is 1.93. The zero-order chi connectivity index (χ0) is 2.71. The van der Waals surface area contributed by atoms with E-state index < -0.39 is 0 Å². The Kier molecular flexibility index (Phi) is 147. The molecule has 0 aromatic carbocycles. The lowest BCUT2D eigenvalue weighted by Crippen LogP contribution is -1.57. The van der Waals surface area contributed by atoms with Gasteiger partial charge in [-0.2, -0.15) is 0 Å². The topological polar surface area (TPSA) is 55.2 Å². The minimum Gasteiger partial charge on any atom is -0.397 e. The SMILES string of the molecule is CCO.N.[B]. The third-order valence-corrected chi connectivity index (χ3v) is 0. The van der Waals surface area contributed by atoms with Crippen molar-refractivity contribution >= 4 is 8.41 Å². The van der Waals surface area contributed by atoms with E-state index in [9.17, 15) is 0 Å². The molecule has 5 heavy (non-hydrogen) atoms. The Labute approximate surface area is 34.4 Å². The van der Waals surface area contributed by atoms with Crippen LogP contribution < -0.4 is 6.15 Å². The third-order valence-electron chi connectivity index (χ3n) is 0. The van der Waals surface area contributed by atoms with Crippen LogP contribution in [0.25, 0.3) is 0 Å². The Morgan fingerprint density at radius 1 is 1.60 bits per heavy atom. The Bertz CT molecular complexity index is 9.61. The van der Waals surface area contributed by atoms with Crippen molar-refractivity contribution in [2.24, 2.45) is 0 Å². The van der Waals surface area contributed by atoms with E-state index in [-0.39, 0.29) is 21.2 Å². The molecule has 0 fully saturated rings. The highest BCUT2D eigenvalue weighted by Crippen LogP contribution is 1.30. The van der Waals surface area contributed by atoms with E-state index in [1.165, 1.54) is 0 Å². The van der Waals surface area contributed by atoms with Crippen LogP contribution in [0.5, 0.6) is 0 Å². The molecule has 0 heterocycles. The van der Waals surface area contributed by atoms with Gasteiger partial charge in [-0.15, -0.1) is 0 Å². The standard InChI is InChI=1S/C2H6O.B.H3N/c1-2-3;;/h3H,2H2,1H3;;1H3. The predicted molar refractivity (Wildman–Crippen MR) is 23.5 cm³/mol. The van der Waals surface area contributed by atoms with Crippen LogP contribution in [0.2, 0.25) is 0 Å². The second-order valence-corrected chi connectivity index (χ2v) is 0.316. The van der Waals surface area contributed by atoms with Crippen molar-refractivity contribution in [3.05, 3.63) is 0 Å². The quantitative estimate of drug-likeness (QED) is 0.390. The lowest BCUT2D eigenvalue weighted by molar-refractivity contribution is 0.318. The highest BCUT2D eigenvalue weighted by atomic mass is 16.2. The van der Waals surface area contributed by atoms with Crippen molar-refractivity contribution in [3.63, 3.8) is 0 Å². The summed E-state index contributed by atoms with van der Waals surface area (Å²) in [6.07, 6.45) is 0. The lowest BCUT2D eigenvalue weighted by Gasteiger charge is -1.52. The monoisotopic (exact) mass is 74.1 g/mol. The summed E-state index contributed by atoms with van der Waals surface area (Å²) in [5.74, 6) is 0. The van der Waals surface area contributed by atoms with Crippen LogP contribution in [0, 0.1) is 0 Å². The molecule has 0 spiro atoms. The number of aliphatic hydroxyl groups is 1. The minimum absolute atomic E-state index is 0. The maximum Gasteiger partial charge on any atom is 0.0402 e. The highest BCUT2D eigenvalue weighted by Gasteiger charge is 1.34. The van der Waals surface area contributed by atoms with E-state index in [0.717, 1.165) is 0 Å². The molecule has 0 rings (SSSR count). The van der Waals surface area contributed by atoms with Gasteiger partial charge in [0.25, 0.3) is 0 Å². The summed E-state index contributed by atoms with van der Waals surface area (Å²) >= 11 is 0. The van der Waals surface area contributed by atoms with Gasteiger partial charge in [0.2, 0.25) is 0 Å². The molecule has 0 aromatic rings.